The van der Waals surface area contributed by atoms with Crippen LogP contribution in [0.4, 0.5) is 0 Å². The predicted octanol–water partition coefficient (Wildman–Crippen LogP) is 5.39. The third kappa shape index (κ3) is 3.95. The highest BCUT2D eigenvalue weighted by atomic mass is 32.1. The number of oxazole rings is 1. The highest BCUT2D eigenvalue weighted by molar-refractivity contribution is 7.71. The number of aromatic nitrogens is 4. The fourth-order valence-corrected chi connectivity index (χ4v) is 4.77. The van der Waals surface area contributed by atoms with E-state index < -0.39 is 0 Å². The molecule has 5 rings (SSSR count). The van der Waals surface area contributed by atoms with Gasteiger partial charge in [0.2, 0.25) is 0 Å². The molecule has 3 heterocycles. The summed E-state index contributed by atoms with van der Waals surface area (Å²) in [6, 6.07) is 16.4. The van der Waals surface area contributed by atoms with Crippen LogP contribution in [0.15, 0.2) is 52.9 Å². The molecule has 1 fully saturated rings. The fourth-order valence-electron chi connectivity index (χ4n) is 4.46. The zero-order valence-electron chi connectivity index (χ0n) is 18.0. The predicted molar refractivity (Wildman–Crippen MR) is 124 cm³/mol. The second kappa shape index (κ2) is 8.40. The van der Waals surface area contributed by atoms with Gasteiger partial charge in [0.1, 0.15) is 5.52 Å². The molecule has 2 aromatic carbocycles. The Morgan fingerprint density at radius 3 is 2.84 bits per heavy atom. The first kappa shape index (κ1) is 20.2. The standard InChI is InChI=1S/C24H27N5OS/c1-3-28-22(18-9-6-8-17(2)14-18)26-29(24(28)31)16-27-13-7-10-19(15-27)23-25-20-11-4-5-12-21(20)30-23/h4-6,8-9,11-12,14,19H,3,7,10,13,15-16H2,1-2H3. The molecular formula is C24H27N5OS. The van der Waals surface area contributed by atoms with Crippen molar-refractivity contribution in [3.05, 3.63) is 64.8 Å². The molecule has 0 N–H and O–H groups in total. The summed E-state index contributed by atoms with van der Waals surface area (Å²) in [5.41, 5.74) is 4.12. The van der Waals surface area contributed by atoms with Crippen LogP contribution in [-0.2, 0) is 13.2 Å². The van der Waals surface area contributed by atoms with Gasteiger partial charge in [-0.2, -0.15) is 5.10 Å². The molecule has 1 atom stereocenters. The second-order valence-electron chi connectivity index (χ2n) is 8.30. The Kier molecular flexibility index (Phi) is 5.46. The number of nitrogens with zero attached hydrogens (tertiary/aromatic N) is 5. The molecule has 1 aliphatic heterocycles. The number of para-hydroxylation sites is 2. The lowest BCUT2D eigenvalue weighted by Gasteiger charge is -2.30. The van der Waals surface area contributed by atoms with Gasteiger partial charge in [0.15, 0.2) is 22.1 Å². The minimum Gasteiger partial charge on any atom is -0.440 e. The van der Waals surface area contributed by atoms with Crippen molar-refractivity contribution in [3.63, 3.8) is 0 Å². The van der Waals surface area contributed by atoms with Gasteiger partial charge in [-0.05, 0) is 63.7 Å². The van der Waals surface area contributed by atoms with E-state index in [-0.39, 0.29) is 0 Å². The topological polar surface area (TPSA) is 52.0 Å². The summed E-state index contributed by atoms with van der Waals surface area (Å²) in [6.45, 7) is 7.62. The van der Waals surface area contributed by atoms with E-state index in [0.717, 1.165) is 65.6 Å². The second-order valence-corrected chi connectivity index (χ2v) is 8.66. The van der Waals surface area contributed by atoms with E-state index in [9.17, 15) is 0 Å². The van der Waals surface area contributed by atoms with E-state index in [1.807, 2.05) is 28.9 Å². The van der Waals surface area contributed by atoms with Crippen molar-refractivity contribution in [2.24, 2.45) is 0 Å². The lowest BCUT2D eigenvalue weighted by atomic mass is 9.98. The summed E-state index contributed by atoms with van der Waals surface area (Å²) in [5.74, 6) is 2.07. The Bertz CT molecular complexity index is 1240. The van der Waals surface area contributed by atoms with E-state index in [1.54, 1.807) is 0 Å². The molecule has 7 heteroatoms. The molecule has 31 heavy (non-hydrogen) atoms. The van der Waals surface area contributed by atoms with Crippen molar-refractivity contribution in [1.82, 2.24) is 24.2 Å². The number of aryl methyl sites for hydroxylation is 1. The highest BCUT2D eigenvalue weighted by Gasteiger charge is 2.26. The van der Waals surface area contributed by atoms with Crippen LogP contribution < -0.4 is 0 Å². The van der Waals surface area contributed by atoms with E-state index in [4.69, 9.17) is 26.7 Å². The van der Waals surface area contributed by atoms with E-state index in [0.29, 0.717) is 12.6 Å². The molecule has 0 spiro atoms. The molecule has 2 aromatic heterocycles. The Hall–Kier alpha value is -2.77. The minimum atomic E-state index is 0.292. The van der Waals surface area contributed by atoms with Crippen molar-refractivity contribution in [3.8, 4) is 11.4 Å². The van der Waals surface area contributed by atoms with Crippen LogP contribution in [0.3, 0.4) is 0 Å². The molecule has 0 bridgehead atoms. The number of hydrogen-bond donors (Lipinski definition) is 0. The quantitative estimate of drug-likeness (QED) is 0.395. The number of fused-ring (bicyclic) bond motifs is 1. The maximum Gasteiger partial charge on any atom is 0.199 e. The van der Waals surface area contributed by atoms with Crippen molar-refractivity contribution in [2.45, 2.75) is 45.8 Å². The van der Waals surface area contributed by atoms with Gasteiger partial charge >= 0.3 is 0 Å². The summed E-state index contributed by atoms with van der Waals surface area (Å²) >= 11 is 5.79. The first-order valence-electron chi connectivity index (χ1n) is 10.9. The molecule has 6 nitrogen and oxygen atoms in total. The van der Waals surface area contributed by atoms with Gasteiger partial charge in [0.25, 0.3) is 0 Å². The molecule has 0 aliphatic carbocycles. The number of piperidine rings is 1. The molecule has 0 radical (unpaired) electrons. The Balaban J connectivity index is 1.38. The fraction of sp³-hybridized carbons (Fsp3) is 0.375. The number of rotatable bonds is 5. The average molecular weight is 434 g/mol. The largest absolute Gasteiger partial charge is 0.440 e. The smallest absolute Gasteiger partial charge is 0.199 e. The minimum absolute atomic E-state index is 0.292. The SMILES string of the molecule is CCn1c(-c2cccc(C)c2)nn(CN2CCCC(c3nc4ccccc4o3)C2)c1=S. The third-order valence-electron chi connectivity index (χ3n) is 6.01. The normalized spacial score (nSPS) is 17.4. The number of hydrogen-bond acceptors (Lipinski definition) is 5. The first-order valence-corrected chi connectivity index (χ1v) is 11.4. The van der Waals surface area contributed by atoms with Crippen molar-refractivity contribution in [1.29, 1.82) is 0 Å². The van der Waals surface area contributed by atoms with E-state index >= 15 is 0 Å². The summed E-state index contributed by atoms with van der Waals surface area (Å²) < 4.78 is 10.9. The Labute approximate surface area is 187 Å². The monoisotopic (exact) mass is 433 g/mol. The van der Waals surface area contributed by atoms with Crippen LogP contribution in [0.25, 0.3) is 22.5 Å². The summed E-state index contributed by atoms with van der Waals surface area (Å²) in [4.78, 5) is 7.14. The first-order chi connectivity index (χ1) is 15.1. The maximum atomic E-state index is 6.05. The zero-order valence-corrected chi connectivity index (χ0v) is 18.8. The molecule has 1 unspecified atom stereocenters. The van der Waals surface area contributed by atoms with E-state index in [1.165, 1.54) is 5.56 Å². The molecule has 0 amide bonds. The van der Waals surface area contributed by atoms with E-state index in [2.05, 4.69) is 47.6 Å². The van der Waals surface area contributed by atoms with Crippen molar-refractivity contribution in [2.75, 3.05) is 13.1 Å². The van der Waals surface area contributed by atoms with Crippen LogP contribution in [0.1, 0.15) is 37.1 Å². The van der Waals surface area contributed by atoms with Gasteiger partial charge in [0, 0.05) is 24.6 Å². The number of likely N-dealkylation sites (tertiary alicyclic amines) is 1. The van der Waals surface area contributed by atoms with Crippen molar-refractivity contribution < 1.29 is 4.42 Å². The van der Waals surface area contributed by atoms with Crippen LogP contribution in [0, 0.1) is 11.7 Å². The van der Waals surface area contributed by atoms with Crippen LogP contribution >= 0.6 is 12.2 Å². The summed E-state index contributed by atoms with van der Waals surface area (Å²) in [5, 5.41) is 4.91. The highest BCUT2D eigenvalue weighted by Crippen LogP contribution is 2.29. The zero-order chi connectivity index (χ0) is 21.4. The lowest BCUT2D eigenvalue weighted by molar-refractivity contribution is 0.147. The lowest BCUT2D eigenvalue weighted by Crippen LogP contribution is -2.36. The van der Waals surface area contributed by atoms with Gasteiger partial charge in [-0.1, -0.05) is 35.9 Å². The molecular weight excluding hydrogens is 406 g/mol. The van der Waals surface area contributed by atoms with Crippen molar-refractivity contribution >= 4 is 23.3 Å². The summed E-state index contributed by atoms with van der Waals surface area (Å²) in [7, 11) is 0. The maximum absolute atomic E-state index is 6.05. The van der Waals surface area contributed by atoms with Gasteiger partial charge in [-0.15, -0.1) is 0 Å². The molecule has 1 aliphatic rings. The molecule has 0 saturated carbocycles. The third-order valence-corrected chi connectivity index (χ3v) is 6.45. The molecule has 4 aromatic rings. The van der Waals surface area contributed by atoms with Crippen LogP contribution in [0.5, 0.6) is 0 Å². The summed E-state index contributed by atoms with van der Waals surface area (Å²) in [6.07, 6.45) is 2.20. The average Bonchev–Trinajstić information content (AvgIpc) is 3.35. The van der Waals surface area contributed by atoms with Crippen LogP contribution in [-0.4, -0.2) is 37.3 Å². The van der Waals surface area contributed by atoms with Gasteiger partial charge in [0.05, 0.1) is 6.67 Å². The van der Waals surface area contributed by atoms with Gasteiger partial charge in [-0.25, -0.2) is 9.67 Å². The Morgan fingerprint density at radius 2 is 2.03 bits per heavy atom. The molecule has 160 valence electrons. The van der Waals surface area contributed by atoms with Crippen LogP contribution in [0.2, 0.25) is 0 Å². The molecule has 1 saturated heterocycles. The number of benzene rings is 2. The van der Waals surface area contributed by atoms with Gasteiger partial charge < -0.3 is 8.98 Å². The van der Waals surface area contributed by atoms with Gasteiger partial charge in [-0.3, -0.25) is 4.90 Å². The Morgan fingerprint density at radius 1 is 1.16 bits per heavy atom.